The number of H-pyrrole nitrogens is 1. The number of hydrogen-bond acceptors (Lipinski definition) is 6. The van der Waals surface area contributed by atoms with Gasteiger partial charge in [-0.25, -0.2) is 4.98 Å². The maximum atomic E-state index is 5.60. The third-order valence-corrected chi connectivity index (χ3v) is 4.70. The summed E-state index contributed by atoms with van der Waals surface area (Å²) in [6.07, 6.45) is 11.5. The molecule has 0 unspecified atom stereocenters. The molecule has 3 N–H and O–H groups in total. The minimum absolute atomic E-state index is 0.462. The Morgan fingerprint density at radius 1 is 1.19 bits per heavy atom. The lowest BCUT2D eigenvalue weighted by atomic mass is 10.1. The van der Waals surface area contributed by atoms with Crippen molar-refractivity contribution in [3.8, 4) is 12.3 Å². The van der Waals surface area contributed by atoms with Gasteiger partial charge in [0.25, 0.3) is 0 Å². The van der Waals surface area contributed by atoms with Gasteiger partial charge < -0.3 is 10.6 Å². The third kappa shape index (κ3) is 3.13. The molecular weight excluding hydrogens is 338 g/mol. The Kier molecular flexibility index (Phi) is 3.61. The number of aliphatic imine (C=N–C) groups is 1. The number of benzene rings is 1. The van der Waals surface area contributed by atoms with Crippen molar-refractivity contribution in [1.82, 2.24) is 20.2 Å². The van der Waals surface area contributed by atoms with Crippen LogP contribution in [0, 0.1) is 12.3 Å². The summed E-state index contributed by atoms with van der Waals surface area (Å²) in [5.74, 6) is 4.93. The molecule has 0 amide bonds. The fraction of sp³-hybridized carbons (Fsp3) is 0.200. The molecule has 1 aliphatic heterocycles. The first-order valence-corrected chi connectivity index (χ1v) is 8.84. The number of nitrogens with one attached hydrogen (secondary N) is 3. The van der Waals surface area contributed by atoms with Crippen LogP contribution in [-0.2, 0) is 6.54 Å². The van der Waals surface area contributed by atoms with Gasteiger partial charge in [0.15, 0.2) is 11.6 Å². The highest BCUT2D eigenvalue weighted by Gasteiger charge is 2.25. The van der Waals surface area contributed by atoms with E-state index in [0.29, 0.717) is 29.1 Å². The molecule has 0 saturated heterocycles. The van der Waals surface area contributed by atoms with Gasteiger partial charge in [0.05, 0.1) is 18.3 Å². The zero-order valence-corrected chi connectivity index (χ0v) is 14.5. The molecule has 1 aliphatic carbocycles. The van der Waals surface area contributed by atoms with Gasteiger partial charge in [0.1, 0.15) is 0 Å². The SMILES string of the molecule is C#Cc1cnc(Nc2ccc3c(c2)C=NC3)nc1Nc1cc(C2CC2)[nH]n1. The highest BCUT2D eigenvalue weighted by Crippen LogP contribution is 2.39. The summed E-state index contributed by atoms with van der Waals surface area (Å²) < 4.78 is 0. The first kappa shape index (κ1) is 15.6. The van der Waals surface area contributed by atoms with Gasteiger partial charge in [0.2, 0.25) is 5.95 Å². The molecule has 0 bridgehead atoms. The van der Waals surface area contributed by atoms with Crippen LogP contribution in [0.4, 0.5) is 23.3 Å². The molecular formula is C20H17N7. The molecule has 2 aromatic heterocycles. The van der Waals surface area contributed by atoms with Gasteiger partial charge >= 0.3 is 0 Å². The molecule has 0 radical (unpaired) electrons. The van der Waals surface area contributed by atoms with Crippen molar-refractivity contribution in [3.63, 3.8) is 0 Å². The molecule has 27 heavy (non-hydrogen) atoms. The van der Waals surface area contributed by atoms with E-state index in [0.717, 1.165) is 23.5 Å². The van der Waals surface area contributed by atoms with E-state index in [1.165, 1.54) is 18.4 Å². The molecule has 7 heteroatoms. The number of anilines is 4. The van der Waals surface area contributed by atoms with Crippen LogP contribution in [0.1, 0.15) is 41.1 Å². The average Bonchev–Trinajstić information content (AvgIpc) is 3.24. The molecule has 0 spiro atoms. The second-order valence-electron chi connectivity index (χ2n) is 6.72. The molecule has 1 aromatic carbocycles. The second-order valence-corrected chi connectivity index (χ2v) is 6.72. The maximum absolute atomic E-state index is 5.60. The summed E-state index contributed by atoms with van der Waals surface area (Å²) in [6.45, 7) is 0.740. The normalized spacial score (nSPS) is 14.6. The standard InChI is InChI=1S/C20H17N7/c1-2-12-11-22-20(23-16-6-5-14-9-21-10-15(14)7-16)25-19(12)24-18-8-17(26-27-18)13-3-4-13/h1,5-8,10-11,13H,3-4,9H2,(H3,22,23,24,25,26,27). The molecule has 2 aliphatic rings. The summed E-state index contributed by atoms with van der Waals surface area (Å²) in [5.41, 5.74) is 4.96. The number of hydrogen-bond donors (Lipinski definition) is 3. The largest absolute Gasteiger partial charge is 0.324 e. The number of fused-ring (bicyclic) bond motifs is 1. The second kappa shape index (κ2) is 6.25. The van der Waals surface area contributed by atoms with Crippen molar-refractivity contribution < 1.29 is 0 Å². The fourth-order valence-electron chi connectivity index (χ4n) is 3.08. The lowest BCUT2D eigenvalue weighted by molar-refractivity contribution is 0.966. The van der Waals surface area contributed by atoms with E-state index in [-0.39, 0.29) is 0 Å². The Labute approximate surface area is 156 Å². The molecule has 3 aromatic rings. The Hall–Kier alpha value is -3.66. The minimum Gasteiger partial charge on any atom is -0.324 e. The monoisotopic (exact) mass is 355 g/mol. The zero-order valence-electron chi connectivity index (χ0n) is 14.5. The van der Waals surface area contributed by atoms with Gasteiger partial charge in [-0.15, -0.1) is 6.42 Å². The van der Waals surface area contributed by atoms with Crippen LogP contribution in [0.15, 0.2) is 35.5 Å². The van der Waals surface area contributed by atoms with Crippen molar-refractivity contribution in [2.75, 3.05) is 10.6 Å². The van der Waals surface area contributed by atoms with Crippen LogP contribution in [0.5, 0.6) is 0 Å². The number of aromatic nitrogens is 4. The number of rotatable bonds is 5. The predicted octanol–water partition coefficient (Wildman–Crippen LogP) is 3.48. The third-order valence-electron chi connectivity index (χ3n) is 4.70. The van der Waals surface area contributed by atoms with Crippen LogP contribution >= 0.6 is 0 Å². The molecule has 132 valence electrons. The molecule has 0 atom stereocenters. The summed E-state index contributed by atoms with van der Waals surface area (Å²) in [7, 11) is 0. The summed E-state index contributed by atoms with van der Waals surface area (Å²) in [5, 5.41) is 13.8. The van der Waals surface area contributed by atoms with E-state index in [1.54, 1.807) is 6.20 Å². The first-order chi connectivity index (χ1) is 13.3. The van der Waals surface area contributed by atoms with E-state index in [4.69, 9.17) is 6.42 Å². The Bertz CT molecular complexity index is 1090. The van der Waals surface area contributed by atoms with E-state index >= 15 is 0 Å². The van der Waals surface area contributed by atoms with Gasteiger partial charge in [-0.05, 0) is 36.1 Å². The van der Waals surface area contributed by atoms with Crippen LogP contribution in [0.2, 0.25) is 0 Å². The van der Waals surface area contributed by atoms with Crippen molar-refractivity contribution in [1.29, 1.82) is 0 Å². The van der Waals surface area contributed by atoms with Gasteiger partial charge in [0, 0.05) is 29.6 Å². The predicted molar refractivity (Wildman–Crippen MR) is 105 cm³/mol. The Balaban J connectivity index is 1.39. The van der Waals surface area contributed by atoms with E-state index in [2.05, 4.69) is 47.8 Å². The van der Waals surface area contributed by atoms with Crippen molar-refractivity contribution in [2.24, 2.45) is 4.99 Å². The Morgan fingerprint density at radius 3 is 2.96 bits per heavy atom. The molecule has 7 nitrogen and oxygen atoms in total. The molecule has 1 fully saturated rings. The van der Waals surface area contributed by atoms with Gasteiger partial charge in [-0.1, -0.05) is 12.0 Å². The number of nitrogens with zero attached hydrogens (tertiary/aromatic N) is 4. The fourth-order valence-corrected chi connectivity index (χ4v) is 3.08. The molecule has 5 rings (SSSR count). The van der Waals surface area contributed by atoms with E-state index in [1.807, 2.05) is 24.4 Å². The smallest absolute Gasteiger partial charge is 0.229 e. The van der Waals surface area contributed by atoms with Crippen molar-refractivity contribution in [2.45, 2.75) is 25.3 Å². The highest BCUT2D eigenvalue weighted by molar-refractivity contribution is 5.86. The average molecular weight is 355 g/mol. The van der Waals surface area contributed by atoms with E-state index in [9.17, 15) is 0 Å². The van der Waals surface area contributed by atoms with Gasteiger partial charge in [-0.3, -0.25) is 10.1 Å². The van der Waals surface area contributed by atoms with E-state index < -0.39 is 0 Å². The molecule has 1 saturated carbocycles. The summed E-state index contributed by atoms with van der Waals surface area (Å²) in [4.78, 5) is 13.1. The maximum Gasteiger partial charge on any atom is 0.229 e. The number of terminal acetylenes is 1. The topological polar surface area (TPSA) is 90.9 Å². The minimum atomic E-state index is 0.462. The lowest BCUT2D eigenvalue weighted by Gasteiger charge is -2.10. The lowest BCUT2D eigenvalue weighted by Crippen LogP contribution is -2.03. The number of aromatic amines is 1. The summed E-state index contributed by atoms with van der Waals surface area (Å²) >= 11 is 0. The van der Waals surface area contributed by atoms with Crippen molar-refractivity contribution >= 4 is 29.5 Å². The zero-order chi connectivity index (χ0) is 18.2. The highest BCUT2D eigenvalue weighted by atomic mass is 15.2. The van der Waals surface area contributed by atoms with Crippen LogP contribution in [-0.4, -0.2) is 26.4 Å². The quantitative estimate of drug-likeness (QED) is 0.610. The molecule has 3 heterocycles. The van der Waals surface area contributed by atoms with Crippen LogP contribution < -0.4 is 10.6 Å². The van der Waals surface area contributed by atoms with Crippen LogP contribution in [0.25, 0.3) is 0 Å². The van der Waals surface area contributed by atoms with Crippen molar-refractivity contribution in [3.05, 3.63) is 52.8 Å². The van der Waals surface area contributed by atoms with Crippen LogP contribution in [0.3, 0.4) is 0 Å². The summed E-state index contributed by atoms with van der Waals surface area (Å²) in [6, 6.07) is 8.09. The van der Waals surface area contributed by atoms with Gasteiger partial charge in [-0.2, -0.15) is 10.1 Å². The Morgan fingerprint density at radius 2 is 2.11 bits per heavy atom. The first-order valence-electron chi connectivity index (χ1n) is 8.84.